The minimum Gasteiger partial charge on any atom is -0.412 e. The summed E-state index contributed by atoms with van der Waals surface area (Å²) in [6.45, 7) is 0. The van der Waals surface area contributed by atoms with Crippen molar-refractivity contribution in [3.05, 3.63) is 11.6 Å². The minimum absolute atomic E-state index is 0. The lowest BCUT2D eigenvalue weighted by atomic mass is 10.7. The van der Waals surface area contributed by atoms with Gasteiger partial charge in [0.2, 0.25) is 0 Å². The molecular formula is C4H9Cl3N4O. The number of nitrogens with zero attached hydrogens (tertiary/aromatic N) is 3. The second-order valence-corrected chi connectivity index (χ2v) is 2.20. The minimum atomic E-state index is 0. The van der Waals surface area contributed by atoms with Gasteiger partial charge < -0.3 is 11.3 Å². The van der Waals surface area contributed by atoms with Gasteiger partial charge >= 0.3 is 0 Å². The molecule has 0 aromatic carbocycles. The molecule has 0 radical (unpaired) electrons. The van der Waals surface area contributed by atoms with Crippen LogP contribution in [0.3, 0.4) is 0 Å². The van der Waals surface area contributed by atoms with E-state index in [9.17, 15) is 0 Å². The maximum Gasteiger partial charge on any atom is 0.166 e. The zero-order valence-corrected chi connectivity index (χ0v) is 8.33. The molecule has 0 bridgehead atoms. The van der Waals surface area contributed by atoms with Gasteiger partial charge in [0.25, 0.3) is 0 Å². The van der Waals surface area contributed by atoms with Crippen LogP contribution in [0.1, 0.15) is 11.6 Å². The molecule has 0 saturated carbocycles. The van der Waals surface area contributed by atoms with Crippen LogP contribution in [0.2, 0.25) is 0 Å². The van der Waals surface area contributed by atoms with E-state index in [-0.39, 0.29) is 29.6 Å². The Labute approximate surface area is 85.5 Å². The number of aromatic nitrogens is 3. The van der Waals surface area contributed by atoms with Crippen molar-refractivity contribution >= 4 is 35.6 Å². The molecular weight excluding hydrogens is 226 g/mol. The van der Waals surface area contributed by atoms with E-state index in [0.29, 0.717) is 11.6 Å². The summed E-state index contributed by atoms with van der Waals surface area (Å²) in [6.07, 6.45) is 0. The molecule has 0 unspecified atom stereocenters. The third kappa shape index (κ3) is 2.67. The molecule has 0 atom stereocenters. The molecule has 0 aliphatic heterocycles. The van der Waals surface area contributed by atoms with Gasteiger partial charge in [-0.1, -0.05) is 0 Å². The van der Waals surface area contributed by atoms with Gasteiger partial charge in [-0.2, -0.15) is 0 Å². The van der Waals surface area contributed by atoms with E-state index < -0.39 is 0 Å². The van der Waals surface area contributed by atoms with Crippen LogP contribution in [0.15, 0.2) is 0 Å². The fourth-order valence-corrected chi connectivity index (χ4v) is 0.907. The lowest BCUT2D eigenvalue weighted by molar-refractivity contribution is 0.824. The predicted molar refractivity (Wildman–Crippen MR) is 50.1 cm³/mol. The van der Waals surface area contributed by atoms with Gasteiger partial charge in [0.1, 0.15) is 0 Å². The molecule has 8 heteroatoms. The summed E-state index contributed by atoms with van der Waals surface area (Å²) in [6, 6.07) is 0. The van der Waals surface area contributed by atoms with Gasteiger partial charge in [0.15, 0.2) is 11.6 Å². The topological polar surface area (TPSA) is 88.2 Å². The van der Waals surface area contributed by atoms with Gasteiger partial charge in [-0.25, -0.2) is 4.68 Å². The summed E-state index contributed by atoms with van der Waals surface area (Å²) < 4.78 is 1.29. The Morgan fingerprint density at radius 3 is 1.67 bits per heavy atom. The quantitative estimate of drug-likeness (QED) is 0.581. The van der Waals surface area contributed by atoms with Crippen molar-refractivity contribution < 1.29 is 5.48 Å². The van der Waals surface area contributed by atoms with Crippen LogP contribution in [-0.4, -0.2) is 20.3 Å². The number of alkyl halides is 2. The largest absolute Gasteiger partial charge is 0.412 e. The molecule has 1 aromatic rings. The van der Waals surface area contributed by atoms with E-state index in [1.165, 1.54) is 4.68 Å². The van der Waals surface area contributed by atoms with E-state index in [0.717, 1.165) is 0 Å². The Morgan fingerprint density at radius 2 is 1.50 bits per heavy atom. The zero-order valence-electron chi connectivity index (χ0n) is 6.00. The first kappa shape index (κ1) is 14.3. The molecule has 12 heavy (non-hydrogen) atoms. The summed E-state index contributed by atoms with van der Waals surface area (Å²) in [7, 11) is 0. The Kier molecular flexibility index (Phi) is 7.51. The fraction of sp³-hybridized carbons (Fsp3) is 0.500. The lowest BCUT2D eigenvalue weighted by Gasteiger charge is -1.95. The smallest absolute Gasteiger partial charge is 0.166 e. The van der Waals surface area contributed by atoms with Crippen LogP contribution < -0.4 is 5.84 Å². The normalized spacial score (nSPS) is 8.50. The first-order chi connectivity index (χ1) is 4.79. The van der Waals surface area contributed by atoms with Crippen molar-refractivity contribution in [1.29, 1.82) is 0 Å². The molecule has 0 fully saturated rings. The van der Waals surface area contributed by atoms with Gasteiger partial charge in [-0.05, 0) is 0 Å². The molecule has 1 aromatic heterocycles. The van der Waals surface area contributed by atoms with Crippen LogP contribution in [-0.2, 0) is 11.8 Å². The van der Waals surface area contributed by atoms with Gasteiger partial charge in [0.05, 0.1) is 11.8 Å². The van der Waals surface area contributed by atoms with Gasteiger partial charge in [0, 0.05) is 0 Å². The van der Waals surface area contributed by atoms with Crippen LogP contribution in [0.25, 0.3) is 0 Å². The van der Waals surface area contributed by atoms with Crippen molar-refractivity contribution in [2.45, 2.75) is 11.8 Å². The summed E-state index contributed by atoms with van der Waals surface area (Å²) >= 11 is 10.9. The first-order valence-electron chi connectivity index (χ1n) is 2.59. The third-order valence-electron chi connectivity index (χ3n) is 1.08. The molecule has 0 aliphatic rings. The van der Waals surface area contributed by atoms with E-state index in [1.54, 1.807) is 0 Å². The fourth-order valence-electron chi connectivity index (χ4n) is 0.543. The average molecular weight is 236 g/mol. The van der Waals surface area contributed by atoms with Crippen molar-refractivity contribution in [3.8, 4) is 0 Å². The molecule has 1 heterocycles. The monoisotopic (exact) mass is 234 g/mol. The SMILES string of the molecule is Cl.Nn1c(CCl)nnc1CCl.O. The Balaban J connectivity index is 0. The summed E-state index contributed by atoms with van der Waals surface area (Å²) in [5.74, 6) is 7.00. The maximum absolute atomic E-state index is 5.46. The van der Waals surface area contributed by atoms with Gasteiger partial charge in [-0.15, -0.1) is 45.8 Å². The number of hydrogen-bond acceptors (Lipinski definition) is 3. The Bertz CT molecular complexity index is 207. The average Bonchev–Trinajstić information content (AvgIpc) is 2.30. The Morgan fingerprint density at radius 1 is 1.17 bits per heavy atom. The number of hydrogen-bond donors (Lipinski definition) is 1. The number of nitrogens with two attached hydrogens (primary N) is 1. The van der Waals surface area contributed by atoms with Crippen LogP contribution in [0, 0.1) is 0 Å². The highest BCUT2D eigenvalue weighted by atomic mass is 35.5. The van der Waals surface area contributed by atoms with Gasteiger partial charge in [-0.3, -0.25) is 0 Å². The number of rotatable bonds is 2. The van der Waals surface area contributed by atoms with Crippen molar-refractivity contribution in [2.24, 2.45) is 0 Å². The number of halogens is 3. The molecule has 0 aliphatic carbocycles. The highest BCUT2D eigenvalue weighted by Crippen LogP contribution is 2.01. The summed E-state index contributed by atoms with van der Waals surface area (Å²) in [5, 5.41) is 7.35. The van der Waals surface area contributed by atoms with Crippen LogP contribution in [0.4, 0.5) is 0 Å². The summed E-state index contributed by atoms with van der Waals surface area (Å²) in [4.78, 5) is 0. The Hall–Kier alpha value is -0.230. The van der Waals surface area contributed by atoms with Crippen LogP contribution in [0.5, 0.6) is 0 Å². The van der Waals surface area contributed by atoms with E-state index in [2.05, 4.69) is 10.2 Å². The van der Waals surface area contributed by atoms with Crippen molar-refractivity contribution in [1.82, 2.24) is 14.9 Å². The standard InChI is InChI=1S/C4H6Cl2N4.ClH.H2O/c5-1-3-8-9-4(2-6)10(3)7;;/h1-2,7H2;1H;1H2. The van der Waals surface area contributed by atoms with Crippen molar-refractivity contribution in [2.75, 3.05) is 5.84 Å². The molecule has 0 saturated heterocycles. The summed E-state index contributed by atoms with van der Waals surface area (Å²) in [5.41, 5.74) is 0. The van der Waals surface area contributed by atoms with E-state index in [1.807, 2.05) is 0 Å². The second-order valence-electron chi connectivity index (χ2n) is 1.67. The second kappa shape index (κ2) is 6.30. The highest BCUT2D eigenvalue weighted by Gasteiger charge is 2.05. The maximum atomic E-state index is 5.46. The molecule has 1 rings (SSSR count). The van der Waals surface area contributed by atoms with E-state index in [4.69, 9.17) is 29.0 Å². The number of nitrogen functional groups attached to an aromatic ring is 1. The molecule has 0 spiro atoms. The van der Waals surface area contributed by atoms with Crippen molar-refractivity contribution in [3.63, 3.8) is 0 Å². The van der Waals surface area contributed by atoms with E-state index >= 15 is 0 Å². The molecule has 72 valence electrons. The highest BCUT2D eigenvalue weighted by molar-refractivity contribution is 6.17. The lowest BCUT2D eigenvalue weighted by Crippen LogP contribution is -2.14. The first-order valence-corrected chi connectivity index (χ1v) is 3.66. The molecule has 0 amide bonds. The van der Waals surface area contributed by atoms with Crippen LogP contribution >= 0.6 is 35.6 Å². The predicted octanol–water partition coefficient (Wildman–Crippen LogP) is 0.0666. The third-order valence-corrected chi connectivity index (χ3v) is 1.55. The molecule has 5 nitrogen and oxygen atoms in total. The molecule has 4 N–H and O–H groups in total. The zero-order chi connectivity index (χ0) is 7.56.